The maximum atomic E-state index is 11.6. The van der Waals surface area contributed by atoms with Crippen LogP contribution >= 0.6 is 12.2 Å². The van der Waals surface area contributed by atoms with Crippen molar-refractivity contribution in [2.24, 2.45) is 5.73 Å². The summed E-state index contributed by atoms with van der Waals surface area (Å²) in [6, 6.07) is 7.39. The average molecular weight is 278 g/mol. The fraction of sp³-hybridized carbons (Fsp3) is 0.429. The van der Waals surface area contributed by atoms with E-state index in [1.807, 2.05) is 29.2 Å². The summed E-state index contributed by atoms with van der Waals surface area (Å²) in [5, 5.41) is 0. The van der Waals surface area contributed by atoms with Gasteiger partial charge < -0.3 is 15.4 Å². The molecule has 2 N–H and O–H groups in total. The van der Waals surface area contributed by atoms with Crippen LogP contribution in [0.25, 0.3) is 0 Å². The van der Waals surface area contributed by atoms with Crippen LogP contribution in [0.15, 0.2) is 24.3 Å². The Kier molecular flexibility index (Phi) is 4.74. The zero-order valence-corrected chi connectivity index (χ0v) is 11.6. The number of nitrogens with zero attached hydrogens (tertiary/aromatic N) is 1. The summed E-state index contributed by atoms with van der Waals surface area (Å²) >= 11 is 4.92. The van der Waals surface area contributed by atoms with E-state index in [2.05, 4.69) is 0 Å². The molecule has 0 saturated carbocycles. The predicted molar refractivity (Wildman–Crippen MR) is 78.3 cm³/mol. The highest BCUT2D eigenvalue weighted by Gasteiger charge is 2.17. The van der Waals surface area contributed by atoms with E-state index in [0.29, 0.717) is 24.6 Å². The zero-order chi connectivity index (χ0) is 13.7. The predicted octanol–water partition coefficient (Wildman–Crippen LogP) is 1.71. The number of thiocarbonyl (C=S) groups is 1. The summed E-state index contributed by atoms with van der Waals surface area (Å²) in [5.41, 5.74) is 6.36. The minimum Gasteiger partial charge on any atom is -0.492 e. The minimum atomic E-state index is 0.228. The van der Waals surface area contributed by atoms with E-state index in [-0.39, 0.29) is 5.91 Å². The highest BCUT2D eigenvalue weighted by Crippen LogP contribution is 2.14. The molecule has 2 rings (SSSR count). The second kappa shape index (κ2) is 6.52. The first-order chi connectivity index (χ1) is 9.16. The van der Waals surface area contributed by atoms with Crippen LogP contribution in [-0.2, 0) is 4.79 Å². The maximum Gasteiger partial charge on any atom is 0.222 e. The van der Waals surface area contributed by atoms with Gasteiger partial charge in [0.25, 0.3) is 0 Å². The van der Waals surface area contributed by atoms with Crippen molar-refractivity contribution < 1.29 is 9.53 Å². The van der Waals surface area contributed by atoms with Crippen molar-refractivity contribution >= 4 is 23.1 Å². The molecule has 1 heterocycles. The van der Waals surface area contributed by atoms with Crippen molar-refractivity contribution in [1.29, 1.82) is 0 Å². The second-order valence-electron chi connectivity index (χ2n) is 4.58. The number of ether oxygens (including phenoxy) is 1. The fourth-order valence-corrected chi connectivity index (χ4v) is 2.24. The van der Waals surface area contributed by atoms with Gasteiger partial charge in [-0.3, -0.25) is 4.79 Å². The van der Waals surface area contributed by atoms with Gasteiger partial charge in [-0.1, -0.05) is 24.4 Å². The molecule has 4 nitrogen and oxygen atoms in total. The lowest BCUT2D eigenvalue weighted by Crippen LogP contribution is -2.38. The molecule has 102 valence electrons. The number of benzene rings is 1. The van der Waals surface area contributed by atoms with Gasteiger partial charge in [0.1, 0.15) is 17.3 Å². The Balaban J connectivity index is 1.83. The lowest BCUT2D eigenvalue weighted by Gasteiger charge is -2.26. The van der Waals surface area contributed by atoms with Crippen molar-refractivity contribution in [2.75, 3.05) is 19.7 Å². The van der Waals surface area contributed by atoms with Crippen molar-refractivity contribution in [3.05, 3.63) is 29.8 Å². The second-order valence-corrected chi connectivity index (χ2v) is 5.02. The lowest BCUT2D eigenvalue weighted by molar-refractivity contribution is -0.133. The molecule has 0 spiro atoms. The number of likely N-dealkylation sites (tertiary alicyclic amines) is 1. The Morgan fingerprint density at radius 3 is 3.00 bits per heavy atom. The van der Waals surface area contributed by atoms with Crippen molar-refractivity contribution in [3.8, 4) is 5.75 Å². The molecule has 0 aliphatic carbocycles. The van der Waals surface area contributed by atoms with Gasteiger partial charge in [-0.05, 0) is 25.0 Å². The lowest BCUT2D eigenvalue weighted by atomic mass is 10.1. The molecule has 1 fully saturated rings. The van der Waals surface area contributed by atoms with Crippen LogP contribution in [0, 0.1) is 0 Å². The van der Waals surface area contributed by atoms with E-state index in [4.69, 9.17) is 22.7 Å². The van der Waals surface area contributed by atoms with E-state index in [9.17, 15) is 4.79 Å². The number of carbonyl (C=O) groups excluding carboxylic acids is 1. The first-order valence-corrected chi connectivity index (χ1v) is 6.88. The third-order valence-corrected chi connectivity index (χ3v) is 3.41. The normalized spacial score (nSPS) is 15.4. The Morgan fingerprint density at radius 2 is 2.26 bits per heavy atom. The molecule has 19 heavy (non-hydrogen) atoms. The molecule has 0 radical (unpaired) electrons. The molecule has 0 aromatic heterocycles. The number of hydrogen-bond acceptors (Lipinski definition) is 3. The summed E-state index contributed by atoms with van der Waals surface area (Å²) in [5.74, 6) is 0.960. The average Bonchev–Trinajstić information content (AvgIpc) is 2.41. The van der Waals surface area contributed by atoms with Gasteiger partial charge in [-0.15, -0.1) is 0 Å². The summed E-state index contributed by atoms with van der Waals surface area (Å²) in [6.45, 7) is 1.97. The van der Waals surface area contributed by atoms with Crippen LogP contribution in [0.1, 0.15) is 24.8 Å². The van der Waals surface area contributed by atoms with E-state index in [1.54, 1.807) is 0 Å². The smallest absolute Gasteiger partial charge is 0.222 e. The molecule has 1 aromatic carbocycles. The van der Waals surface area contributed by atoms with E-state index in [1.165, 1.54) is 0 Å². The Hall–Kier alpha value is -1.62. The van der Waals surface area contributed by atoms with Crippen LogP contribution < -0.4 is 10.5 Å². The summed E-state index contributed by atoms with van der Waals surface area (Å²) in [4.78, 5) is 13.8. The van der Waals surface area contributed by atoms with Gasteiger partial charge in [0.15, 0.2) is 0 Å². The maximum absolute atomic E-state index is 11.6. The number of hydrogen-bond donors (Lipinski definition) is 1. The monoisotopic (exact) mass is 278 g/mol. The summed E-state index contributed by atoms with van der Waals surface area (Å²) < 4.78 is 5.64. The van der Waals surface area contributed by atoms with Crippen LogP contribution in [0.5, 0.6) is 5.75 Å². The first-order valence-electron chi connectivity index (χ1n) is 6.47. The molecule has 1 saturated heterocycles. The highest BCUT2D eigenvalue weighted by molar-refractivity contribution is 7.80. The molecule has 0 unspecified atom stereocenters. The number of amides is 1. The third kappa shape index (κ3) is 3.92. The quantitative estimate of drug-likeness (QED) is 0.833. The van der Waals surface area contributed by atoms with Gasteiger partial charge in [0, 0.05) is 18.5 Å². The van der Waals surface area contributed by atoms with Crippen LogP contribution in [-0.4, -0.2) is 35.5 Å². The Bertz CT molecular complexity index is 476. The molecule has 1 aliphatic rings. The van der Waals surface area contributed by atoms with E-state index >= 15 is 0 Å². The summed E-state index contributed by atoms with van der Waals surface area (Å²) in [6.07, 6.45) is 2.76. The summed E-state index contributed by atoms with van der Waals surface area (Å²) in [7, 11) is 0. The van der Waals surface area contributed by atoms with Crippen molar-refractivity contribution in [1.82, 2.24) is 4.90 Å². The van der Waals surface area contributed by atoms with E-state index < -0.39 is 0 Å². The Labute approximate surface area is 118 Å². The van der Waals surface area contributed by atoms with E-state index in [0.717, 1.165) is 30.7 Å². The number of rotatable bonds is 5. The van der Waals surface area contributed by atoms with Gasteiger partial charge in [0.2, 0.25) is 5.91 Å². The van der Waals surface area contributed by atoms with Gasteiger partial charge >= 0.3 is 0 Å². The topological polar surface area (TPSA) is 55.6 Å². The molecule has 1 aromatic rings. The third-order valence-electron chi connectivity index (χ3n) is 3.17. The van der Waals surface area contributed by atoms with Crippen molar-refractivity contribution in [3.63, 3.8) is 0 Å². The highest BCUT2D eigenvalue weighted by atomic mass is 32.1. The standard InChI is InChI=1S/C14H18N2O2S/c15-14(19)11-4-3-5-12(10-11)18-9-8-16-7-2-1-6-13(16)17/h3-5,10H,1-2,6-9H2,(H2,15,19). The van der Waals surface area contributed by atoms with Crippen LogP contribution in [0.3, 0.4) is 0 Å². The fourth-order valence-electron chi connectivity index (χ4n) is 2.11. The minimum absolute atomic E-state index is 0.228. The van der Waals surface area contributed by atoms with Gasteiger partial charge in [-0.2, -0.15) is 0 Å². The molecule has 5 heteroatoms. The number of carbonyl (C=O) groups is 1. The number of piperidine rings is 1. The van der Waals surface area contributed by atoms with Gasteiger partial charge in [0.05, 0.1) is 6.54 Å². The largest absolute Gasteiger partial charge is 0.492 e. The number of nitrogens with two attached hydrogens (primary N) is 1. The molecule has 1 aliphatic heterocycles. The zero-order valence-electron chi connectivity index (χ0n) is 10.8. The molecule has 1 amide bonds. The molecule has 0 bridgehead atoms. The van der Waals surface area contributed by atoms with Crippen LogP contribution in [0.2, 0.25) is 0 Å². The Morgan fingerprint density at radius 1 is 1.42 bits per heavy atom. The van der Waals surface area contributed by atoms with Crippen molar-refractivity contribution in [2.45, 2.75) is 19.3 Å². The first kappa shape index (κ1) is 13.8. The molecule has 0 atom stereocenters. The molecular weight excluding hydrogens is 260 g/mol. The molecular formula is C14H18N2O2S. The van der Waals surface area contributed by atoms with Gasteiger partial charge in [-0.25, -0.2) is 0 Å². The van der Waals surface area contributed by atoms with Crippen LogP contribution in [0.4, 0.5) is 0 Å². The SMILES string of the molecule is NC(=S)c1cccc(OCCN2CCCCC2=O)c1.